The van der Waals surface area contributed by atoms with Gasteiger partial charge in [0.2, 0.25) is 5.91 Å². The number of hydrogen-bond donors (Lipinski definition) is 2. The van der Waals surface area contributed by atoms with Crippen LogP contribution >= 0.6 is 0 Å². The molecule has 0 aliphatic rings. The van der Waals surface area contributed by atoms with Crippen molar-refractivity contribution in [1.29, 1.82) is 0 Å². The van der Waals surface area contributed by atoms with Gasteiger partial charge in [-0.25, -0.2) is 0 Å². The smallest absolute Gasteiger partial charge is 0.406 e. The number of alkyl halides is 3. The highest BCUT2D eigenvalue weighted by Crippen LogP contribution is 2.18. The van der Waals surface area contributed by atoms with Crippen LogP contribution in [0.5, 0.6) is 0 Å². The largest absolute Gasteiger partial charge is 0.409 e. The fourth-order valence-corrected chi connectivity index (χ4v) is 1.04. The first kappa shape index (κ1) is 14.5. The van der Waals surface area contributed by atoms with Gasteiger partial charge in [0.05, 0.1) is 6.42 Å². The Kier molecular flexibility index (Phi) is 5.06. The van der Waals surface area contributed by atoms with E-state index in [1.54, 1.807) is 0 Å². The number of nitrogens with two attached hydrogens (primary N) is 1. The third kappa shape index (κ3) is 5.42. The van der Waals surface area contributed by atoms with E-state index in [1.165, 1.54) is 13.8 Å². The summed E-state index contributed by atoms with van der Waals surface area (Å²) >= 11 is 0. The summed E-state index contributed by atoms with van der Waals surface area (Å²) in [7, 11) is 0. The molecule has 0 heterocycles. The lowest BCUT2D eigenvalue weighted by Crippen LogP contribution is -2.44. The number of amides is 1. The van der Waals surface area contributed by atoms with Crippen LogP contribution in [0.3, 0.4) is 0 Å². The summed E-state index contributed by atoms with van der Waals surface area (Å²) in [5, 5.41) is 10.7. The molecule has 0 aromatic rings. The lowest BCUT2D eigenvalue weighted by molar-refractivity contribution is -0.163. The third-order valence-electron chi connectivity index (χ3n) is 1.75. The summed E-state index contributed by atoms with van der Waals surface area (Å²) in [6.45, 7) is 1.56. The molecule has 0 unspecified atom stereocenters. The first-order valence-electron chi connectivity index (χ1n) is 4.50. The molecule has 3 N–H and O–H groups in total. The average Bonchev–Trinajstić information content (AvgIpc) is 2.12. The van der Waals surface area contributed by atoms with Crippen LogP contribution in [0.1, 0.15) is 20.3 Å². The van der Waals surface area contributed by atoms with Crippen LogP contribution in [0.25, 0.3) is 0 Å². The Labute approximate surface area is 90.7 Å². The standard InChI is InChI=1S/C8H14F3N3O2/c1-5(2)14(4-8(9,10)11)7(15)3-6(12)13-16/h5,16H,3-4H2,1-2H3,(H2,12,13). The molecule has 0 aromatic heterocycles. The first-order valence-corrected chi connectivity index (χ1v) is 4.50. The van der Waals surface area contributed by atoms with Crippen molar-refractivity contribution in [1.82, 2.24) is 4.90 Å². The van der Waals surface area contributed by atoms with Gasteiger partial charge >= 0.3 is 6.18 Å². The van der Waals surface area contributed by atoms with E-state index in [2.05, 4.69) is 5.16 Å². The second-order valence-corrected chi connectivity index (χ2v) is 3.50. The van der Waals surface area contributed by atoms with Crippen molar-refractivity contribution in [3.8, 4) is 0 Å². The predicted molar refractivity (Wildman–Crippen MR) is 50.9 cm³/mol. The van der Waals surface area contributed by atoms with E-state index >= 15 is 0 Å². The SMILES string of the molecule is CC(C)N(CC(F)(F)F)C(=O)CC(N)=NO. The summed E-state index contributed by atoms with van der Waals surface area (Å²) < 4.78 is 36.4. The molecule has 0 saturated heterocycles. The van der Waals surface area contributed by atoms with Crippen LogP contribution in [0.2, 0.25) is 0 Å². The van der Waals surface area contributed by atoms with Crippen molar-refractivity contribution in [3.05, 3.63) is 0 Å². The minimum atomic E-state index is -4.47. The van der Waals surface area contributed by atoms with Crippen molar-refractivity contribution in [2.75, 3.05) is 6.54 Å². The minimum Gasteiger partial charge on any atom is -0.409 e. The molecule has 5 nitrogen and oxygen atoms in total. The van der Waals surface area contributed by atoms with Crippen molar-refractivity contribution in [2.45, 2.75) is 32.5 Å². The molecule has 0 bridgehead atoms. The minimum absolute atomic E-state index is 0.419. The highest BCUT2D eigenvalue weighted by Gasteiger charge is 2.34. The Balaban J connectivity index is 4.61. The van der Waals surface area contributed by atoms with Gasteiger partial charge < -0.3 is 15.8 Å². The number of carbonyl (C=O) groups excluding carboxylic acids is 1. The Morgan fingerprint density at radius 1 is 1.50 bits per heavy atom. The Morgan fingerprint density at radius 2 is 2.00 bits per heavy atom. The molecular weight excluding hydrogens is 227 g/mol. The second kappa shape index (κ2) is 5.57. The van der Waals surface area contributed by atoms with Crippen LogP contribution in [0.15, 0.2) is 5.16 Å². The maximum Gasteiger partial charge on any atom is 0.406 e. The average molecular weight is 241 g/mol. The number of carbonyl (C=O) groups is 1. The zero-order valence-electron chi connectivity index (χ0n) is 8.95. The number of amidine groups is 1. The Bertz CT molecular complexity index is 276. The van der Waals surface area contributed by atoms with E-state index in [0.29, 0.717) is 4.90 Å². The quantitative estimate of drug-likeness (QED) is 0.332. The molecule has 1 amide bonds. The summed E-state index contributed by atoms with van der Waals surface area (Å²) in [4.78, 5) is 12.0. The highest BCUT2D eigenvalue weighted by molar-refractivity contribution is 5.98. The number of hydrogen-bond acceptors (Lipinski definition) is 3. The molecule has 0 atom stereocenters. The van der Waals surface area contributed by atoms with Gasteiger partial charge in [-0.05, 0) is 13.8 Å². The van der Waals surface area contributed by atoms with Crippen molar-refractivity contribution in [2.24, 2.45) is 10.9 Å². The molecule has 0 aliphatic carbocycles. The van der Waals surface area contributed by atoms with E-state index in [0.717, 1.165) is 0 Å². The first-order chi connectivity index (χ1) is 7.17. The van der Waals surface area contributed by atoms with E-state index in [1.807, 2.05) is 0 Å². The van der Waals surface area contributed by atoms with Gasteiger partial charge in [0.25, 0.3) is 0 Å². The van der Waals surface area contributed by atoms with Crippen molar-refractivity contribution < 1.29 is 23.2 Å². The molecule has 0 rings (SSSR count). The molecule has 0 saturated carbocycles. The molecule has 8 heteroatoms. The second-order valence-electron chi connectivity index (χ2n) is 3.50. The summed E-state index contributed by atoms with van der Waals surface area (Å²) in [6, 6.07) is -0.611. The van der Waals surface area contributed by atoms with Gasteiger partial charge in [-0.2, -0.15) is 13.2 Å². The summed E-state index contributed by atoms with van der Waals surface area (Å²) in [5.41, 5.74) is 5.05. The third-order valence-corrected chi connectivity index (χ3v) is 1.75. The van der Waals surface area contributed by atoms with Gasteiger partial charge in [0, 0.05) is 6.04 Å². The van der Waals surface area contributed by atoms with Gasteiger partial charge in [-0.3, -0.25) is 4.79 Å². The monoisotopic (exact) mass is 241 g/mol. The highest BCUT2D eigenvalue weighted by atomic mass is 19.4. The number of halogens is 3. The molecule has 0 aliphatic heterocycles. The van der Waals surface area contributed by atoms with Crippen LogP contribution in [-0.4, -0.2) is 40.6 Å². The molecule has 0 aromatic carbocycles. The lowest BCUT2D eigenvalue weighted by Gasteiger charge is -2.27. The van der Waals surface area contributed by atoms with E-state index < -0.39 is 36.9 Å². The van der Waals surface area contributed by atoms with E-state index in [-0.39, 0.29) is 0 Å². The van der Waals surface area contributed by atoms with E-state index in [4.69, 9.17) is 10.9 Å². The van der Waals surface area contributed by atoms with Gasteiger partial charge in [0.15, 0.2) is 0 Å². The van der Waals surface area contributed by atoms with Crippen molar-refractivity contribution in [3.63, 3.8) is 0 Å². The fraction of sp³-hybridized carbons (Fsp3) is 0.750. The predicted octanol–water partition coefficient (Wildman–Crippen LogP) is 0.922. The Morgan fingerprint density at radius 3 is 2.31 bits per heavy atom. The zero-order chi connectivity index (χ0) is 12.9. The maximum absolute atomic E-state index is 12.1. The van der Waals surface area contributed by atoms with Gasteiger partial charge in [-0.15, -0.1) is 0 Å². The number of nitrogens with zero attached hydrogens (tertiary/aromatic N) is 2. The van der Waals surface area contributed by atoms with Crippen LogP contribution < -0.4 is 5.73 Å². The summed E-state index contributed by atoms with van der Waals surface area (Å²) in [5.74, 6) is -1.25. The van der Waals surface area contributed by atoms with Crippen LogP contribution in [0, 0.1) is 0 Å². The molecule has 16 heavy (non-hydrogen) atoms. The molecule has 0 fully saturated rings. The van der Waals surface area contributed by atoms with Crippen LogP contribution in [-0.2, 0) is 4.79 Å². The fourth-order valence-electron chi connectivity index (χ4n) is 1.04. The summed E-state index contributed by atoms with van der Waals surface area (Å²) in [6.07, 6.45) is -5.00. The van der Waals surface area contributed by atoms with Gasteiger partial charge in [-0.1, -0.05) is 5.16 Å². The topological polar surface area (TPSA) is 78.9 Å². The van der Waals surface area contributed by atoms with Crippen LogP contribution in [0.4, 0.5) is 13.2 Å². The normalized spacial score (nSPS) is 13.0. The lowest BCUT2D eigenvalue weighted by atomic mass is 10.2. The number of rotatable bonds is 4. The van der Waals surface area contributed by atoms with E-state index in [9.17, 15) is 18.0 Å². The van der Waals surface area contributed by atoms with Crippen molar-refractivity contribution >= 4 is 11.7 Å². The molecular formula is C8H14F3N3O2. The molecule has 0 radical (unpaired) electrons. The Hall–Kier alpha value is -1.47. The van der Waals surface area contributed by atoms with Gasteiger partial charge in [0.1, 0.15) is 12.4 Å². The molecule has 0 spiro atoms. The maximum atomic E-state index is 12.1. The zero-order valence-corrected chi connectivity index (χ0v) is 8.95. The number of oxime groups is 1. The molecule has 94 valence electrons.